The van der Waals surface area contributed by atoms with Crippen LogP contribution in [-0.2, 0) is 10.0 Å². The summed E-state index contributed by atoms with van der Waals surface area (Å²) in [6.45, 7) is 4.32. The van der Waals surface area contributed by atoms with Gasteiger partial charge in [-0.2, -0.15) is 0 Å². The minimum Gasteiger partial charge on any atom is -0.495 e. The highest BCUT2D eigenvalue weighted by atomic mass is 32.2. The predicted octanol–water partition coefficient (Wildman–Crippen LogP) is 2.16. The molecule has 1 aromatic carbocycles. The fraction of sp³-hybridized carbons (Fsp3) is 0.312. The zero-order valence-corrected chi connectivity index (χ0v) is 14.9. The molecule has 0 saturated heterocycles. The minimum atomic E-state index is -3.44. The Bertz CT molecular complexity index is 904. The molecular weight excluding hydrogens is 330 g/mol. The third kappa shape index (κ3) is 4.08. The van der Waals surface area contributed by atoms with Crippen LogP contribution < -0.4 is 20.3 Å². The maximum absolute atomic E-state index is 11.9. The van der Waals surface area contributed by atoms with Gasteiger partial charge >= 0.3 is 0 Å². The molecule has 0 unspecified atom stereocenters. The summed E-state index contributed by atoms with van der Waals surface area (Å²) in [4.78, 5) is 14.7. The number of aryl methyl sites for hydroxylation is 1. The standard InChI is InChI=1S/C16H21N3O4S/c1-5-17-14-9-12(10(2)18-16(14)20)11-6-7-15(23-3)13(8-11)19-24(4,21)22/h6-9,17,19H,5H2,1-4H3,(H,18,20). The van der Waals surface area contributed by atoms with Crippen molar-refractivity contribution >= 4 is 21.4 Å². The molecule has 24 heavy (non-hydrogen) atoms. The van der Waals surface area contributed by atoms with E-state index in [9.17, 15) is 13.2 Å². The van der Waals surface area contributed by atoms with Gasteiger partial charge in [0, 0.05) is 17.8 Å². The average molecular weight is 351 g/mol. The molecule has 0 bridgehead atoms. The number of aromatic nitrogens is 1. The van der Waals surface area contributed by atoms with E-state index in [-0.39, 0.29) is 5.56 Å². The Hall–Kier alpha value is -2.48. The second-order valence-electron chi connectivity index (χ2n) is 5.37. The smallest absolute Gasteiger partial charge is 0.271 e. The van der Waals surface area contributed by atoms with E-state index in [4.69, 9.17) is 4.74 Å². The van der Waals surface area contributed by atoms with Crippen molar-refractivity contribution in [2.75, 3.05) is 29.9 Å². The van der Waals surface area contributed by atoms with Gasteiger partial charge in [-0.25, -0.2) is 8.42 Å². The first-order valence-electron chi connectivity index (χ1n) is 7.39. The summed E-state index contributed by atoms with van der Waals surface area (Å²) in [5.41, 5.74) is 2.86. The Morgan fingerprint density at radius 3 is 2.50 bits per heavy atom. The molecule has 3 N–H and O–H groups in total. The van der Waals surface area contributed by atoms with E-state index in [1.807, 2.05) is 13.0 Å². The van der Waals surface area contributed by atoms with Crippen LogP contribution in [0.15, 0.2) is 29.1 Å². The first kappa shape index (κ1) is 17.9. The Morgan fingerprint density at radius 1 is 1.21 bits per heavy atom. The summed E-state index contributed by atoms with van der Waals surface area (Å²) in [7, 11) is -1.97. The topological polar surface area (TPSA) is 100 Å². The third-order valence-electron chi connectivity index (χ3n) is 3.41. The van der Waals surface area contributed by atoms with Crippen LogP contribution in [0.1, 0.15) is 12.6 Å². The van der Waals surface area contributed by atoms with Crippen LogP contribution in [0, 0.1) is 6.92 Å². The second kappa shape index (κ2) is 6.96. The van der Waals surface area contributed by atoms with Crippen LogP contribution in [0.25, 0.3) is 11.1 Å². The van der Waals surface area contributed by atoms with Crippen LogP contribution >= 0.6 is 0 Å². The predicted molar refractivity (Wildman–Crippen MR) is 96.4 cm³/mol. The largest absolute Gasteiger partial charge is 0.495 e. The van der Waals surface area contributed by atoms with Crippen molar-refractivity contribution in [3.8, 4) is 16.9 Å². The van der Waals surface area contributed by atoms with Crippen molar-refractivity contribution in [3.05, 3.63) is 40.3 Å². The van der Waals surface area contributed by atoms with E-state index in [0.29, 0.717) is 29.4 Å². The van der Waals surface area contributed by atoms with Gasteiger partial charge in [-0.05, 0) is 37.6 Å². The van der Waals surface area contributed by atoms with Gasteiger partial charge in [0.15, 0.2) is 0 Å². The zero-order valence-electron chi connectivity index (χ0n) is 14.1. The highest BCUT2D eigenvalue weighted by molar-refractivity contribution is 7.92. The molecule has 0 atom stereocenters. The van der Waals surface area contributed by atoms with Crippen LogP contribution in [-0.4, -0.2) is 33.3 Å². The van der Waals surface area contributed by atoms with Gasteiger partial charge in [0.05, 0.1) is 19.1 Å². The number of pyridine rings is 1. The van der Waals surface area contributed by atoms with E-state index in [1.54, 1.807) is 25.1 Å². The molecule has 1 heterocycles. The molecule has 8 heteroatoms. The number of benzene rings is 1. The number of aromatic amines is 1. The average Bonchev–Trinajstić information content (AvgIpc) is 2.48. The SMILES string of the molecule is CCNc1cc(-c2ccc(OC)c(NS(C)(=O)=O)c2)c(C)[nH]c1=O. The number of H-pyrrole nitrogens is 1. The molecule has 2 aromatic rings. The fourth-order valence-corrected chi connectivity index (χ4v) is 2.96. The lowest BCUT2D eigenvalue weighted by Crippen LogP contribution is -2.15. The van der Waals surface area contributed by atoms with Crippen LogP contribution in [0.5, 0.6) is 5.75 Å². The van der Waals surface area contributed by atoms with Crippen LogP contribution in [0.4, 0.5) is 11.4 Å². The molecule has 0 aliphatic rings. The first-order chi connectivity index (χ1) is 11.2. The van der Waals surface area contributed by atoms with Crippen molar-refractivity contribution < 1.29 is 13.2 Å². The maximum Gasteiger partial charge on any atom is 0.271 e. The van der Waals surface area contributed by atoms with E-state index < -0.39 is 10.0 Å². The lowest BCUT2D eigenvalue weighted by atomic mass is 10.0. The third-order valence-corrected chi connectivity index (χ3v) is 4.00. The van der Waals surface area contributed by atoms with E-state index >= 15 is 0 Å². The van der Waals surface area contributed by atoms with Gasteiger partial charge in [0.2, 0.25) is 10.0 Å². The Kier molecular flexibility index (Phi) is 5.18. The van der Waals surface area contributed by atoms with Gasteiger partial charge in [0.25, 0.3) is 5.56 Å². The van der Waals surface area contributed by atoms with Crippen LogP contribution in [0.2, 0.25) is 0 Å². The molecule has 1 aromatic heterocycles. The molecular formula is C16H21N3O4S. The summed E-state index contributed by atoms with van der Waals surface area (Å²) in [6, 6.07) is 6.92. The number of sulfonamides is 1. The summed E-state index contributed by atoms with van der Waals surface area (Å²) in [6.07, 6.45) is 1.08. The van der Waals surface area contributed by atoms with Crippen molar-refractivity contribution in [3.63, 3.8) is 0 Å². The summed E-state index contributed by atoms with van der Waals surface area (Å²) in [5.74, 6) is 0.415. The number of hydrogen-bond acceptors (Lipinski definition) is 5. The second-order valence-corrected chi connectivity index (χ2v) is 7.12. The van der Waals surface area contributed by atoms with Gasteiger partial charge in [-0.15, -0.1) is 0 Å². The molecule has 0 radical (unpaired) electrons. The van der Waals surface area contributed by atoms with Gasteiger partial charge in [0.1, 0.15) is 11.4 Å². The lowest BCUT2D eigenvalue weighted by molar-refractivity contribution is 0.417. The monoisotopic (exact) mass is 351 g/mol. The zero-order chi connectivity index (χ0) is 17.9. The number of rotatable bonds is 6. The van der Waals surface area contributed by atoms with Crippen molar-refractivity contribution in [1.29, 1.82) is 0 Å². The normalized spacial score (nSPS) is 11.2. The van der Waals surface area contributed by atoms with Gasteiger partial charge in [-0.1, -0.05) is 6.07 Å². The number of methoxy groups -OCH3 is 1. The number of hydrogen-bond donors (Lipinski definition) is 3. The molecule has 2 rings (SSSR count). The van der Waals surface area contributed by atoms with Gasteiger partial charge in [-0.3, -0.25) is 9.52 Å². The molecule has 0 aliphatic carbocycles. The quantitative estimate of drug-likeness (QED) is 0.740. The molecule has 0 fully saturated rings. The molecule has 0 spiro atoms. The molecule has 0 aliphatic heterocycles. The minimum absolute atomic E-state index is 0.193. The van der Waals surface area contributed by atoms with E-state index in [2.05, 4.69) is 15.0 Å². The summed E-state index contributed by atoms with van der Waals surface area (Å²) < 4.78 is 30.7. The highest BCUT2D eigenvalue weighted by Gasteiger charge is 2.13. The van der Waals surface area contributed by atoms with Crippen molar-refractivity contribution in [2.24, 2.45) is 0 Å². The van der Waals surface area contributed by atoms with Crippen molar-refractivity contribution in [1.82, 2.24) is 4.98 Å². The lowest BCUT2D eigenvalue weighted by Gasteiger charge is -2.14. The number of ether oxygens (including phenoxy) is 1. The first-order valence-corrected chi connectivity index (χ1v) is 9.28. The number of anilines is 2. The molecule has 7 nitrogen and oxygen atoms in total. The van der Waals surface area contributed by atoms with Gasteiger partial charge < -0.3 is 15.0 Å². The summed E-state index contributed by atoms with van der Waals surface area (Å²) >= 11 is 0. The molecule has 0 amide bonds. The Labute approximate surface area is 141 Å². The Morgan fingerprint density at radius 2 is 1.92 bits per heavy atom. The number of nitrogens with one attached hydrogen (secondary N) is 3. The highest BCUT2D eigenvalue weighted by Crippen LogP contribution is 2.32. The fourth-order valence-electron chi connectivity index (χ4n) is 2.40. The van der Waals surface area contributed by atoms with Crippen LogP contribution in [0.3, 0.4) is 0 Å². The molecule has 0 saturated carbocycles. The van der Waals surface area contributed by atoms with E-state index in [1.165, 1.54) is 7.11 Å². The van der Waals surface area contributed by atoms with Crippen molar-refractivity contribution in [2.45, 2.75) is 13.8 Å². The van der Waals surface area contributed by atoms with E-state index in [0.717, 1.165) is 17.4 Å². The molecule has 130 valence electrons. The maximum atomic E-state index is 11.9. The summed E-state index contributed by atoms with van der Waals surface area (Å²) in [5, 5.41) is 3.01. The Balaban J connectivity index is 2.58.